The summed E-state index contributed by atoms with van der Waals surface area (Å²) in [6.45, 7) is 8.35. The number of halogens is 1. The smallest absolute Gasteiger partial charge is 0.399 e. The van der Waals surface area contributed by atoms with Crippen molar-refractivity contribution in [3.63, 3.8) is 0 Å². The molecule has 0 unspecified atom stereocenters. The molecule has 654 valence electrons. The molecule has 0 spiro atoms. The minimum Gasteiger partial charge on any atom is -0.399 e. The molecule has 1 aliphatic heterocycles. The van der Waals surface area contributed by atoms with E-state index < -0.39 is 0 Å². The average Bonchev–Trinajstić information content (AvgIpc) is 1.36. The summed E-state index contributed by atoms with van der Waals surface area (Å²) in [5.41, 5.74) is 27.5. The molecule has 0 aliphatic carbocycles. The van der Waals surface area contributed by atoms with Gasteiger partial charge >= 0.3 is 7.12 Å². The van der Waals surface area contributed by atoms with Gasteiger partial charge in [0, 0.05) is 104 Å². The van der Waals surface area contributed by atoms with Crippen LogP contribution in [0.1, 0.15) is 27.7 Å². The van der Waals surface area contributed by atoms with Crippen molar-refractivity contribution in [2.45, 2.75) is 38.9 Å². The van der Waals surface area contributed by atoms with Gasteiger partial charge in [-0.25, -0.2) is 29.9 Å². The Kier molecular flexibility index (Phi) is 20.4. The van der Waals surface area contributed by atoms with Crippen LogP contribution in [0, 0.1) is 0 Å². The number of hydrogen-bond acceptors (Lipinski definition) is 8. The number of benzene rings is 20. The van der Waals surface area contributed by atoms with Crippen LogP contribution in [0.5, 0.6) is 0 Å². The van der Waals surface area contributed by atoms with E-state index in [1.807, 2.05) is 24.3 Å². The Hall–Kier alpha value is -16.9. The molecule has 1 saturated heterocycles. The van der Waals surface area contributed by atoms with Crippen LogP contribution in [0.15, 0.2) is 453 Å². The molecule has 0 atom stereocenters. The predicted molar refractivity (Wildman–Crippen MR) is 575 cm³/mol. The number of nitrogens with zero attached hydrogens (tertiary/aromatic N) is 10. The minimum atomic E-state index is -0.377. The highest BCUT2D eigenvalue weighted by atomic mass is 79.9. The lowest BCUT2D eigenvalue weighted by molar-refractivity contribution is 0.00578. The Labute approximate surface area is 805 Å². The molecular formula is C124H86BBrN10O2. The van der Waals surface area contributed by atoms with Crippen LogP contribution in [0.4, 0.5) is 0 Å². The van der Waals surface area contributed by atoms with Gasteiger partial charge in [-0.3, -0.25) is 18.3 Å². The molecule has 7 heterocycles. The van der Waals surface area contributed by atoms with Gasteiger partial charge in [-0.05, 0) is 210 Å². The van der Waals surface area contributed by atoms with E-state index in [-0.39, 0.29) is 18.3 Å². The van der Waals surface area contributed by atoms with E-state index in [1.165, 1.54) is 43.4 Å². The first-order valence-corrected chi connectivity index (χ1v) is 47.5. The standard InChI is InChI=1S/C59H37N5.C33H28BNO2.C32H21BrN4/c1-3-17-45(18-4-1)63-53-25-13-11-23-51(53)60-58(63)43-35-42(36-44(37-43)59-61-52-24-12-14-26-54(52)64(59)46-19-5-2-6-20-46)38-27-29-41(30-28-38)55-49-33-31-39-15-7-9-21-47(39)56(49)62-57-48-22-10-8-16-40(48)32-34-50(55)57;1-32(2)33(3,4)37-34(36-32)24-17-13-23(14-18-24)29-27-19-15-21-9-5-7-11-25(21)30(27)35-31-26-12-8-6-10-22(26)16-20-28(29)31;33-24-20-22(31-34-27-15-7-9-17-29(27)36(31)25-11-3-1-4-12-25)19-23(21-24)32-35-28-16-8-10-18-30(28)37(32)26-13-5-2-6-14-26/h1-37H;5-20H,1-4H3;1-21H. The normalized spacial score (nSPS) is 13.0. The van der Waals surface area contributed by atoms with Crippen LogP contribution in [-0.4, -0.2) is 66.5 Å². The van der Waals surface area contributed by atoms with Gasteiger partial charge < -0.3 is 9.31 Å². The zero-order valence-corrected chi connectivity index (χ0v) is 77.6. The van der Waals surface area contributed by atoms with Crippen LogP contribution in [0.3, 0.4) is 0 Å². The predicted octanol–water partition coefficient (Wildman–Crippen LogP) is 31.2. The van der Waals surface area contributed by atoms with Gasteiger partial charge in [-0.1, -0.05) is 331 Å². The first-order valence-electron chi connectivity index (χ1n) is 46.7. The largest absolute Gasteiger partial charge is 0.494 e. The molecule has 0 radical (unpaired) electrons. The number of rotatable bonds is 12. The van der Waals surface area contributed by atoms with Gasteiger partial charge in [-0.15, -0.1) is 0 Å². The topological polar surface area (TPSA) is 116 Å². The zero-order chi connectivity index (χ0) is 92.3. The highest BCUT2D eigenvalue weighted by molar-refractivity contribution is 9.10. The van der Waals surface area contributed by atoms with Crippen molar-refractivity contribution >= 4 is 159 Å². The number of fused-ring (bicyclic) bond motifs is 16. The third kappa shape index (κ3) is 14.5. The van der Waals surface area contributed by atoms with Gasteiger partial charge in [-0.2, -0.15) is 0 Å². The molecule has 6 aromatic heterocycles. The van der Waals surface area contributed by atoms with Crippen LogP contribution >= 0.6 is 15.9 Å². The van der Waals surface area contributed by atoms with E-state index in [0.717, 1.165) is 199 Å². The van der Waals surface area contributed by atoms with Crippen LogP contribution in [0.2, 0.25) is 0 Å². The van der Waals surface area contributed by atoms with Crippen molar-refractivity contribution in [2.24, 2.45) is 0 Å². The zero-order valence-electron chi connectivity index (χ0n) is 76.0. The monoisotopic (exact) mass is 1840 g/mol. The summed E-state index contributed by atoms with van der Waals surface area (Å²) in [7, 11) is -0.377. The summed E-state index contributed by atoms with van der Waals surface area (Å²) in [4.78, 5) is 31.5. The van der Waals surface area contributed by atoms with Crippen LogP contribution in [-0.2, 0) is 9.31 Å². The Bertz CT molecular complexity index is 8830. The highest BCUT2D eigenvalue weighted by Crippen LogP contribution is 2.47. The Morgan fingerprint density at radius 1 is 0.217 bits per heavy atom. The maximum Gasteiger partial charge on any atom is 0.494 e. The SMILES string of the molecule is Brc1cc(-c2nc3ccccc3n2-c2ccccc2)cc(-c2nc3ccccc3n2-c2ccccc2)c1.CC1(C)OB(c2ccc(-c3c4ccc5ccccc5c4nc4c3ccc3ccccc34)cc2)OC1(C)C.c1ccc(-n2c(-c3cc(-c4ccc(-c5c6ccc7ccccc7c6nc6c5ccc5ccccc56)cc4)cc(-c4nc5ccccc5n4-c4ccccc4)c3)nc3ccccc32)cc1. The third-order valence-electron chi connectivity index (χ3n) is 27.5. The molecule has 12 nitrogen and oxygen atoms in total. The lowest BCUT2D eigenvalue weighted by Gasteiger charge is -2.32. The quantitative estimate of drug-likeness (QED) is 0.0675. The average molecular weight is 1840 g/mol. The summed E-state index contributed by atoms with van der Waals surface area (Å²) in [5.74, 6) is 3.50. The second-order valence-electron chi connectivity index (χ2n) is 36.4. The summed E-state index contributed by atoms with van der Waals surface area (Å²) in [5, 5.41) is 14.0. The molecular weight excluding hydrogens is 1750 g/mol. The van der Waals surface area contributed by atoms with Crippen molar-refractivity contribution in [1.29, 1.82) is 0 Å². The van der Waals surface area contributed by atoms with E-state index in [4.69, 9.17) is 39.2 Å². The Morgan fingerprint density at radius 2 is 0.464 bits per heavy atom. The number of pyridine rings is 2. The summed E-state index contributed by atoms with van der Waals surface area (Å²) in [6.07, 6.45) is 0. The van der Waals surface area contributed by atoms with Crippen molar-refractivity contribution in [3.05, 3.63) is 453 Å². The summed E-state index contributed by atoms with van der Waals surface area (Å²) >= 11 is 3.78. The maximum absolute atomic E-state index is 6.30. The molecule has 1 fully saturated rings. The minimum absolute atomic E-state index is 0.365. The lowest BCUT2D eigenvalue weighted by Crippen LogP contribution is -2.41. The second kappa shape index (κ2) is 33.9. The number of imidazole rings is 4. The highest BCUT2D eigenvalue weighted by Gasteiger charge is 2.52. The van der Waals surface area contributed by atoms with E-state index in [9.17, 15) is 0 Å². The maximum atomic E-state index is 6.30. The molecule has 14 heteroatoms. The van der Waals surface area contributed by atoms with E-state index >= 15 is 0 Å². The molecule has 1 aliphatic rings. The molecule has 20 aromatic carbocycles. The number of hydrogen-bond donors (Lipinski definition) is 0. The molecule has 0 saturated carbocycles. The summed E-state index contributed by atoms with van der Waals surface area (Å²) < 4.78 is 22.6. The van der Waals surface area contributed by atoms with Crippen molar-refractivity contribution in [3.8, 4) is 102 Å². The van der Waals surface area contributed by atoms with E-state index in [1.54, 1.807) is 0 Å². The van der Waals surface area contributed by atoms with Gasteiger partial charge in [0.15, 0.2) is 0 Å². The second-order valence-corrected chi connectivity index (χ2v) is 37.3. The van der Waals surface area contributed by atoms with Gasteiger partial charge in [0.25, 0.3) is 0 Å². The van der Waals surface area contributed by atoms with Gasteiger partial charge in [0.1, 0.15) is 23.3 Å². The summed E-state index contributed by atoms with van der Waals surface area (Å²) in [6, 6.07) is 158. The first kappa shape index (κ1) is 83.0. The van der Waals surface area contributed by atoms with Crippen LogP contribution < -0.4 is 5.46 Å². The third-order valence-corrected chi connectivity index (χ3v) is 28.0. The molecule has 138 heavy (non-hydrogen) atoms. The number of aromatic nitrogens is 10. The molecule has 27 rings (SSSR count). The Morgan fingerprint density at radius 3 is 0.768 bits per heavy atom. The van der Waals surface area contributed by atoms with E-state index in [0.29, 0.717) is 0 Å². The fourth-order valence-corrected chi connectivity index (χ4v) is 20.7. The molecule has 0 N–H and O–H groups in total. The fraction of sp³-hybridized carbons (Fsp3) is 0.0484. The van der Waals surface area contributed by atoms with Crippen LogP contribution in [0.25, 0.3) is 233 Å². The Balaban J connectivity index is 0.000000117. The van der Waals surface area contributed by atoms with E-state index in [2.05, 4.69) is 487 Å². The fourth-order valence-electron chi connectivity index (χ4n) is 20.2. The van der Waals surface area contributed by atoms with Crippen molar-refractivity contribution in [1.82, 2.24) is 48.2 Å². The lowest BCUT2D eigenvalue weighted by atomic mass is 9.78. The van der Waals surface area contributed by atoms with Gasteiger partial charge in [0.05, 0.1) is 77.4 Å². The van der Waals surface area contributed by atoms with Gasteiger partial charge in [0.2, 0.25) is 0 Å². The molecule has 26 aromatic rings. The van der Waals surface area contributed by atoms with Crippen molar-refractivity contribution < 1.29 is 9.31 Å². The first-order chi connectivity index (χ1) is 67.8. The molecule has 0 bridgehead atoms. The molecule has 0 amide bonds. The number of para-hydroxylation sites is 12. The van der Waals surface area contributed by atoms with Crippen molar-refractivity contribution in [2.75, 3.05) is 0 Å².